The third-order valence-electron chi connectivity index (χ3n) is 3.99. The molecule has 120 valence electrons. The summed E-state index contributed by atoms with van der Waals surface area (Å²) in [5.74, 6) is -1.50. The van der Waals surface area contributed by atoms with Gasteiger partial charge < -0.3 is 14.7 Å². The van der Waals surface area contributed by atoms with E-state index in [1.165, 1.54) is 0 Å². The molecule has 1 fully saturated rings. The maximum atomic E-state index is 12.5. The van der Waals surface area contributed by atoms with E-state index in [1.54, 1.807) is 11.8 Å². The smallest absolute Gasteiger partial charge is 0.230 e. The molecule has 2 atom stereocenters. The van der Waals surface area contributed by atoms with Crippen LogP contribution in [-0.2, 0) is 22.5 Å². The number of amides is 1. The van der Waals surface area contributed by atoms with Crippen LogP contribution in [-0.4, -0.2) is 27.9 Å². The summed E-state index contributed by atoms with van der Waals surface area (Å²) in [5.41, 5.74) is 2.12. The van der Waals surface area contributed by atoms with E-state index in [1.807, 2.05) is 60.7 Å². The Hall–Kier alpha value is -2.17. The molecule has 2 aromatic carbocycles. The second kappa shape index (κ2) is 6.52. The Labute approximate surface area is 136 Å². The predicted molar refractivity (Wildman–Crippen MR) is 87.3 cm³/mol. The monoisotopic (exact) mass is 311 g/mol. The van der Waals surface area contributed by atoms with Gasteiger partial charge >= 0.3 is 0 Å². The maximum absolute atomic E-state index is 12.5. The fourth-order valence-corrected chi connectivity index (χ4v) is 2.88. The summed E-state index contributed by atoms with van der Waals surface area (Å²) in [6.45, 7) is 2.02. The van der Waals surface area contributed by atoms with Crippen molar-refractivity contribution in [3.63, 3.8) is 0 Å². The lowest BCUT2D eigenvalue weighted by atomic mass is 10.1. The predicted octanol–water partition coefficient (Wildman–Crippen LogP) is 2.71. The van der Waals surface area contributed by atoms with Crippen molar-refractivity contribution < 1.29 is 14.6 Å². The van der Waals surface area contributed by atoms with Gasteiger partial charge in [0, 0.05) is 13.0 Å². The molecule has 0 aromatic heterocycles. The number of hydrogen-bond acceptors (Lipinski definition) is 3. The molecule has 0 bridgehead atoms. The minimum absolute atomic E-state index is 0.0227. The van der Waals surface area contributed by atoms with Crippen molar-refractivity contribution >= 4 is 5.91 Å². The van der Waals surface area contributed by atoms with Crippen LogP contribution in [0.3, 0.4) is 0 Å². The minimum Gasteiger partial charge on any atom is -0.365 e. The normalized spacial score (nSPS) is 24.7. The van der Waals surface area contributed by atoms with E-state index in [9.17, 15) is 9.90 Å². The van der Waals surface area contributed by atoms with Crippen LogP contribution in [0.4, 0.5) is 0 Å². The number of benzene rings is 2. The highest BCUT2D eigenvalue weighted by Crippen LogP contribution is 2.28. The summed E-state index contributed by atoms with van der Waals surface area (Å²) < 4.78 is 5.79. The standard InChI is InChI=1S/C19H21NO3/c1-19(22)13-17(21)20(14-16-10-6-3-7-11-16)18(23-19)12-15-8-4-2-5-9-15/h2-11,18,22H,12-14H2,1H3. The summed E-state index contributed by atoms with van der Waals surface area (Å²) in [5, 5.41) is 10.2. The van der Waals surface area contributed by atoms with Gasteiger partial charge in [-0.25, -0.2) is 0 Å². The van der Waals surface area contributed by atoms with Gasteiger partial charge in [-0.2, -0.15) is 0 Å². The van der Waals surface area contributed by atoms with Crippen molar-refractivity contribution in [3.8, 4) is 0 Å². The second-order valence-corrected chi connectivity index (χ2v) is 6.12. The van der Waals surface area contributed by atoms with Crippen molar-refractivity contribution in [1.29, 1.82) is 0 Å². The van der Waals surface area contributed by atoms with Gasteiger partial charge in [-0.15, -0.1) is 0 Å². The Balaban J connectivity index is 1.82. The number of carbonyl (C=O) groups excluding carboxylic acids is 1. The number of ether oxygens (including phenoxy) is 1. The highest BCUT2D eigenvalue weighted by Gasteiger charge is 2.40. The van der Waals surface area contributed by atoms with E-state index in [4.69, 9.17) is 4.74 Å². The Kier molecular flexibility index (Phi) is 4.46. The molecule has 0 radical (unpaired) electrons. The van der Waals surface area contributed by atoms with Crippen molar-refractivity contribution in [2.24, 2.45) is 0 Å². The number of aliphatic hydroxyl groups is 1. The van der Waals surface area contributed by atoms with Gasteiger partial charge in [0.2, 0.25) is 5.91 Å². The second-order valence-electron chi connectivity index (χ2n) is 6.12. The zero-order valence-corrected chi connectivity index (χ0v) is 13.2. The zero-order chi connectivity index (χ0) is 16.3. The van der Waals surface area contributed by atoms with Crippen LogP contribution in [0.25, 0.3) is 0 Å². The molecule has 4 nitrogen and oxygen atoms in total. The van der Waals surface area contributed by atoms with Crippen LogP contribution in [0.1, 0.15) is 24.5 Å². The van der Waals surface area contributed by atoms with E-state index in [2.05, 4.69) is 0 Å². The highest BCUT2D eigenvalue weighted by atomic mass is 16.6. The maximum Gasteiger partial charge on any atom is 0.230 e. The topological polar surface area (TPSA) is 49.8 Å². The highest BCUT2D eigenvalue weighted by molar-refractivity contribution is 5.78. The van der Waals surface area contributed by atoms with Crippen LogP contribution < -0.4 is 0 Å². The van der Waals surface area contributed by atoms with Gasteiger partial charge in [-0.3, -0.25) is 4.79 Å². The number of carbonyl (C=O) groups is 1. The summed E-state index contributed by atoms with van der Waals surface area (Å²) in [6, 6.07) is 19.7. The molecule has 0 aliphatic carbocycles. The Morgan fingerprint density at radius 2 is 1.65 bits per heavy atom. The zero-order valence-electron chi connectivity index (χ0n) is 13.2. The van der Waals surface area contributed by atoms with Crippen molar-refractivity contribution in [2.45, 2.75) is 38.3 Å². The Morgan fingerprint density at radius 3 is 2.26 bits per heavy atom. The first-order valence-corrected chi connectivity index (χ1v) is 7.81. The molecule has 0 saturated carbocycles. The number of rotatable bonds is 4. The lowest BCUT2D eigenvalue weighted by Crippen LogP contribution is -2.54. The van der Waals surface area contributed by atoms with Gasteiger partial charge in [-0.1, -0.05) is 60.7 Å². The van der Waals surface area contributed by atoms with Crippen molar-refractivity contribution in [1.82, 2.24) is 4.90 Å². The fourth-order valence-electron chi connectivity index (χ4n) is 2.88. The molecular formula is C19H21NO3. The molecule has 1 aliphatic heterocycles. The molecular weight excluding hydrogens is 290 g/mol. The van der Waals surface area contributed by atoms with E-state index in [0.29, 0.717) is 13.0 Å². The van der Waals surface area contributed by atoms with E-state index >= 15 is 0 Å². The van der Waals surface area contributed by atoms with Gasteiger partial charge in [-0.05, 0) is 18.1 Å². The quantitative estimate of drug-likeness (QED) is 0.944. The first-order chi connectivity index (χ1) is 11.0. The average molecular weight is 311 g/mol. The van der Waals surface area contributed by atoms with Crippen LogP contribution in [0.5, 0.6) is 0 Å². The lowest BCUT2D eigenvalue weighted by molar-refractivity contribution is -0.272. The largest absolute Gasteiger partial charge is 0.365 e. The average Bonchev–Trinajstić information content (AvgIpc) is 2.52. The fraction of sp³-hybridized carbons (Fsp3) is 0.316. The third-order valence-corrected chi connectivity index (χ3v) is 3.99. The summed E-state index contributed by atoms with van der Waals surface area (Å²) in [6.07, 6.45) is 0.0505. The first kappa shape index (κ1) is 15.7. The number of nitrogens with zero attached hydrogens (tertiary/aromatic N) is 1. The van der Waals surface area contributed by atoms with E-state index in [-0.39, 0.29) is 12.3 Å². The molecule has 3 rings (SSSR count). The van der Waals surface area contributed by atoms with Crippen molar-refractivity contribution in [2.75, 3.05) is 0 Å². The molecule has 23 heavy (non-hydrogen) atoms. The SMILES string of the molecule is CC1(O)CC(=O)N(Cc2ccccc2)C(Cc2ccccc2)O1. The van der Waals surface area contributed by atoms with Crippen LogP contribution in [0.2, 0.25) is 0 Å². The molecule has 4 heteroatoms. The molecule has 1 saturated heterocycles. The molecule has 1 N–H and O–H groups in total. The minimum atomic E-state index is -1.41. The summed E-state index contributed by atoms with van der Waals surface area (Å²) >= 11 is 0. The molecule has 2 aromatic rings. The van der Waals surface area contributed by atoms with Gasteiger partial charge in [0.15, 0.2) is 5.79 Å². The molecule has 0 spiro atoms. The lowest BCUT2D eigenvalue weighted by Gasteiger charge is -2.42. The molecule has 1 amide bonds. The van der Waals surface area contributed by atoms with Gasteiger partial charge in [0.1, 0.15) is 6.23 Å². The Morgan fingerprint density at radius 1 is 1.09 bits per heavy atom. The van der Waals surface area contributed by atoms with Crippen LogP contribution >= 0.6 is 0 Å². The number of hydrogen-bond donors (Lipinski definition) is 1. The molecule has 1 heterocycles. The Bertz CT molecular complexity index is 655. The summed E-state index contributed by atoms with van der Waals surface area (Å²) in [7, 11) is 0. The summed E-state index contributed by atoms with van der Waals surface area (Å²) in [4.78, 5) is 14.2. The van der Waals surface area contributed by atoms with E-state index in [0.717, 1.165) is 11.1 Å². The van der Waals surface area contributed by atoms with Crippen molar-refractivity contribution in [3.05, 3.63) is 71.8 Å². The third kappa shape index (κ3) is 3.97. The van der Waals surface area contributed by atoms with Crippen LogP contribution in [0.15, 0.2) is 60.7 Å². The molecule has 1 aliphatic rings. The van der Waals surface area contributed by atoms with Crippen LogP contribution in [0, 0.1) is 0 Å². The first-order valence-electron chi connectivity index (χ1n) is 7.81. The molecule has 2 unspecified atom stereocenters. The van der Waals surface area contributed by atoms with Gasteiger partial charge in [0.25, 0.3) is 0 Å². The van der Waals surface area contributed by atoms with E-state index < -0.39 is 12.0 Å². The van der Waals surface area contributed by atoms with Gasteiger partial charge in [0.05, 0.1) is 6.42 Å².